The van der Waals surface area contributed by atoms with Gasteiger partial charge in [-0.2, -0.15) is 26.3 Å². The summed E-state index contributed by atoms with van der Waals surface area (Å²) in [6.45, 7) is 1.61. The molecule has 0 aromatic heterocycles. The topological polar surface area (TPSA) is 46.3 Å². The minimum absolute atomic E-state index is 0.103. The largest absolute Gasteiger partial charge is 0.415 e. The Morgan fingerprint density at radius 2 is 1.50 bits per heavy atom. The molecule has 1 atom stereocenters. The van der Waals surface area contributed by atoms with Gasteiger partial charge in [0, 0.05) is 6.04 Å². The summed E-state index contributed by atoms with van der Waals surface area (Å²) in [4.78, 5) is 12.0. The number of alkyl halides is 6. The predicted octanol–water partition coefficient (Wildman–Crippen LogP) is 2.85. The minimum atomic E-state index is -5.13. The molecule has 0 aliphatic carbocycles. The van der Waals surface area contributed by atoms with Crippen LogP contribution in [-0.4, -0.2) is 41.3 Å². The van der Waals surface area contributed by atoms with Crippen LogP contribution in [0.1, 0.15) is 33.6 Å². The molecular weight excluding hydrogens is 290 g/mol. The van der Waals surface area contributed by atoms with Crippen molar-refractivity contribution in [2.45, 2.75) is 57.5 Å². The van der Waals surface area contributed by atoms with Gasteiger partial charge < -0.3 is 10.6 Å². The van der Waals surface area contributed by atoms with Crippen LogP contribution in [0.5, 0.6) is 0 Å². The molecule has 0 spiro atoms. The molecule has 0 aromatic carbocycles. The highest BCUT2D eigenvalue weighted by atomic mass is 19.4. The first-order valence-electron chi connectivity index (χ1n) is 6.01. The standard InChI is InChI=1S/C11H18F6N2O/c1-4-7(5-2)19(6-10(12,13)14)8(20)9(3,18)11(15,16)17/h7H,4-6,18H2,1-3H3. The molecule has 0 aromatic rings. The molecule has 1 amide bonds. The van der Waals surface area contributed by atoms with E-state index in [1.165, 1.54) is 13.8 Å². The quantitative estimate of drug-likeness (QED) is 0.794. The normalized spacial score (nSPS) is 16.1. The van der Waals surface area contributed by atoms with E-state index in [2.05, 4.69) is 0 Å². The fourth-order valence-electron chi connectivity index (χ4n) is 1.71. The maximum absolute atomic E-state index is 12.7. The van der Waals surface area contributed by atoms with E-state index >= 15 is 0 Å². The van der Waals surface area contributed by atoms with Crippen LogP contribution in [0.15, 0.2) is 0 Å². The van der Waals surface area contributed by atoms with Crippen molar-refractivity contribution in [3.63, 3.8) is 0 Å². The van der Waals surface area contributed by atoms with Gasteiger partial charge in [0.1, 0.15) is 6.54 Å². The van der Waals surface area contributed by atoms with Crippen molar-refractivity contribution in [1.29, 1.82) is 0 Å². The number of hydrogen-bond acceptors (Lipinski definition) is 2. The van der Waals surface area contributed by atoms with Crippen molar-refractivity contribution in [2.24, 2.45) is 5.73 Å². The van der Waals surface area contributed by atoms with Gasteiger partial charge in [-0.3, -0.25) is 4.79 Å². The Balaban J connectivity index is 5.48. The van der Waals surface area contributed by atoms with Crippen LogP contribution in [0.2, 0.25) is 0 Å². The first-order valence-corrected chi connectivity index (χ1v) is 6.01. The highest BCUT2D eigenvalue weighted by molar-refractivity contribution is 5.87. The van der Waals surface area contributed by atoms with Gasteiger partial charge in [0.2, 0.25) is 0 Å². The minimum Gasteiger partial charge on any atom is -0.329 e. The SMILES string of the molecule is CCC(CC)N(CC(F)(F)F)C(=O)C(C)(N)C(F)(F)F. The highest BCUT2D eigenvalue weighted by Gasteiger charge is 2.56. The molecule has 0 bridgehead atoms. The number of carbonyl (C=O) groups excluding carboxylic acids is 1. The van der Waals surface area contributed by atoms with Crippen LogP contribution in [0, 0.1) is 0 Å². The van der Waals surface area contributed by atoms with Crippen LogP contribution in [0.3, 0.4) is 0 Å². The zero-order valence-corrected chi connectivity index (χ0v) is 11.4. The average molecular weight is 308 g/mol. The Hall–Kier alpha value is -0.990. The zero-order valence-electron chi connectivity index (χ0n) is 11.4. The third-order valence-corrected chi connectivity index (χ3v) is 3.03. The molecule has 120 valence electrons. The van der Waals surface area contributed by atoms with Crippen LogP contribution < -0.4 is 5.73 Å². The van der Waals surface area contributed by atoms with Crippen molar-refractivity contribution in [1.82, 2.24) is 4.90 Å². The van der Waals surface area contributed by atoms with Gasteiger partial charge in [-0.25, -0.2) is 0 Å². The van der Waals surface area contributed by atoms with E-state index in [9.17, 15) is 31.1 Å². The maximum Gasteiger partial charge on any atom is 0.415 e. The predicted molar refractivity (Wildman–Crippen MR) is 60.8 cm³/mol. The van der Waals surface area contributed by atoms with Crippen molar-refractivity contribution in [3.8, 4) is 0 Å². The Bertz CT molecular complexity index is 333. The number of nitrogens with two attached hydrogens (primary N) is 1. The lowest BCUT2D eigenvalue weighted by Crippen LogP contribution is -2.64. The summed E-state index contributed by atoms with van der Waals surface area (Å²) < 4.78 is 75.5. The lowest BCUT2D eigenvalue weighted by Gasteiger charge is -2.37. The average Bonchev–Trinajstić information content (AvgIpc) is 2.25. The second-order valence-corrected chi connectivity index (χ2v) is 4.72. The fourth-order valence-corrected chi connectivity index (χ4v) is 1.71. The van der Waals surface area contributed by atoms with Gasteiger partial charge in [0.15, 0.2) is 5.54 Å². The maximum atomic E-state index is 12.7. The second-order valence-electron chi connectivity index (χ2n) is 4.72. The highest BCUT2D eigenvalue weighted by Crippen LogP contribution is 2.32. The Morgan fingerprint density at radius 3 is 1.75 bits per heavy atom. The molecule has 0 heterocycles. The number of rotatable bonds is 5. The zero-order chi connectivity index (χ0) is 16.4. The summed E-state index contributed by atoms with van der Waals surface area (Å²) in [6, 6.07) is -0.950. The van der Waals surface area contributed by atoms with Gasteiger partial charge in [-0.1, -0.05) is 13.8 Å². The smallest absolute Gasteiger partial charge is 0.329 e. The number of hydrogen-bond donors (Lipinski definition) is 1. The number of halogens is 6. The molecule has 0 radical (unpaired) electrons. The van der Waals surface area contributed by atoms with Crippen LogP contribution in [0.25, 0.3) is 0 Å². The fraction of sp³-hybridized carbons (Fsp3) is 0.909. The van der Waals surface area contributed by atoms with Gasteiger partial charge >= 0.3 is 12.4 Å². The van der Waals surface area contributed by atoms with Gasteiger partial charge in [0.05, 0.1) is 0 Å². The second kappa shape index (κ2) is 6.19. The molecule has 0 saturated carbocycles. The molecule has 2 N–H and O–H groups in total. The molecule has 3 nitrogen and oxygen atoms in total. The van der Waals surface area contributed by atoms with E-state index < -0.39 is 36.4 Å². The van der Waals surface area contributed by atoms with Gasteiger partial charge in [-0.05, 0) is 19.8 Å². The van der Waals surface area contributed by atoms with E-state index in [1.54, 1.807) is 0 Å². The van der Waals surface area contributed by atoms with E-state index in [0.29, 0.717) is 6.92 Å². The van der Waals surface area contributed by atoms with E-state index in [4.69, 9.17) is 5.73 Å². The third-order valence-electron chi connectivity index (χ3n) is 3.03. The summed E-state index contributed by atoms with van der Waals surface area (Å²) >= 11 is 0. The first-order chi connectivity index (χ1) is 8.78. The first kappa shape index (κ1) is 19.0. The summed E-state index contributed by atoms with van der Waals surface area (Å²) in [5, 5.41) is 0. The van der Waals surface area contributed by atoms with Crippen molar-refractivity contribution >= 4 is 5.91 Å². The van der Waals surface area contributed by atoms with Crippen molar-refractivity contribution in [2.75, 3.05) is 6.54 Å². The van der Waals surface area contributed by atoms with E-state index in [-0.39, 0.29) is 17.7 Å². The summed E-state index contributed by atoms with van der Waals surface area (Å²) in [5.74, 6) is -1.77. The number of carbonyl (C=O) groups is 1. The monoisotopic (exact) mass is 308 g/mol. The molecule has 0 aliphatic heterocycles. The molecule has 0 fully saturated rings. The van der Waals surface area contributed by atoms with Gasteiger partial charge in [0.25, 0.3) is 5.91 Å². The Labute approximate surface area is 113 Å². The third kappa shape index (κ3) is 4.53. The Morgan fingerprint density at radius 1 is 1.10 bits per heavy atom. The van der Waals surface area contributed by atoms with Crippen molar-refractivity contribution in [3.05, 3.63) is 0 Å². The summed E-state index contributed by atoms with van der Waals surface area (Å²) in [6.07, 6.45) is -9.71. The molecule has 0 rings (SSSR count). The van der Waals surface area contributed by atoms with Crippen LogP contribution in [-0.2, 0) is 4.79 Å². The van der Waals surface area contributed by atoms with Crippen LogP contribution in [0.4, 0.5) is 26.3 Å². The van der Waals surface area contributed by atoms with E-state index in [1.807, 2.05) is 0 Å². The molecule has 0 aliphatic rings. The summed E-state index contributed by atoms with van der Waals surface area (Å²) in [7, 11) is 0. The van der Waals surface area contributed by atoms with E-state index in [0.717, 1.165) is 0 Å². The molecule has 1 unspecified atom stereocenters. The summed E-state index contributed by atoms with van der Waals surface area (Å²) in [5.41, 5.74) is 1.57. The van der Waals surface area contributed by atoms with Gasteiger partial charge in [-0.15, -0.1) is 0 Å². The lowest BCUT2D eigenvalue weighted by atomic mass is 9.98. The molecular formula is C11H18F6N2O. The van der Waals surface area contributed by atoms with Crippen molar-refractivity contribution < 1.29 is 31.1 Å². The van der Waals surface area contributed by atoms with Crippen LogP contribution >= 0.6 is 0 Å². The molecule has 20 heavy (non-hydrogen) atoms. The molecule has 9 heteroatoms. The Kier molecular flexibility index (Phi) is 5.89. The lowest BCUT2D eigenvalue weighted by molar-refractivity contribution is -0.204. The number of nitrogens with zero attached hydrogens (tertiary/aromatic N) is 1. The molecule has 0 saturated heterocycles. The number of amides is 1.